The Bertz CT molecular complexity index is 2190. The molecule has 2 N–H and O–H groups in total. The molecule has 0 radical (unpaired) electrons. The van der Waals surface area contributed by atoms with E-state index < -0.39 is 11.9 Å². The third-order valence-electron chi connectivity index (χ3n) is 12.2. The molecule has 12 heteroatoms. The summed E-state index contributed by atoms with van der Waals surface area (Å²) < 4.78 is 21.2. The third kappa shape index (κ3) is 8.16. The molecular formula is C45H53Cl3N3O6+. The Morgan fingerprint density at radius 1 is 0.807 bits per heavy atom. The second-order valence-electron chi connectivity index (χ2n) is 15.9. The molecule has 3 aromatic carbocycles. The van der Waals surface area contributed by atoms with Crippen molar-refractivity contribution in [2.75, 3.05) is 69.9 Å². The van der Waals surface area contributed by atoms with E-state index >= 15 is 0 Å². The summed E-state index contributed by atoms with van der Waals surface area (Å²) in [5, 5.41) is 15.9. The number of halogens is 3. The van der Waals surface area contributed by atoms with Gasteiger partial charge in [-0.1, -0.05) is 36.0 Å². The van der Waals surface area contributed by atoms with Crippen LogP contribution in [-0.4, -0.2) is 82.0 Å². The van der Waals surface area contributed by atoms with Crippen molar-refractivity contribution in [2.45, 2.75) is 89.9 Å². The molecular weight excluding hydrogens is 785 g/mol. The molecule has 304 valence electrons. The fraction of sp³-hybridized carbons (Fsp3) is 0.533. The second-order valence-corrected chi connectivity index (χ2v) is 17.1. The number of hydrogen-bond acceptors (Lipinski definition) is 6. The number of benzene rings is 3. The number of rotatable bonds is 15. The van der Waals surface area contributed by atoms with Crippen LogP contribution in [0.2, 0.25) is 10.0 Å². The number of carboxylic acids is 1. The third-order valence-corrected chi connectivity index (χ3v) is 13.1. The molecule has 3 aromatic rings. The van der Waals surface area contributed by atoms with Crippen molar-refractivity contribution in [3.8, 4) is 11.5 Å². The van der Waals surface area contributed by atoms with Crippen molar-refractivity contribution in [3.63, 3.8) is 0 Å². The summed E-state index contributed by atoms with van der Waals surface area (Å²) in [5.74, 6) is 0.587. The molecule has 5 aliphatic heterocycles. The molecule has 0 saturated heterocycles. The Balaban J connectivity index is 1.20. The lowest BCUT2D eigenvalue weighted by atomic mass is 9.82. The molecule has 8 rings (SSSR count). The van der Waals surface area contributed by atoms with Crippen molar-refractivity contribution in [2.24, 2.45) is 0 Å². The average Bonchev–Trinajstić information content (AvgIpc) is 3.57. The van der Waals surface area contributed by atoms with Gasteiger partial charge in [0, 0.05) is 83.7 Å². The van der Waals surface area contributed by atoms with Gasteiger partial charge in [-0.2, -0.15) is 0 Å². The molecule has 5 heterocycles. The van der Waals surface area contributed by atoms with E-state index in [1.165, 1.54) is 39.4 Å². The van der Waals surface area contributed by atoms with Crippen molar-refractivity contribution in [1.82, 2.24) is 9.89 Å². The molecule has 0 fully saturated rings. The maximum Gasteiger partial charge on any atom is 0.337 e. The van der Waals surface area contributed by atoms with E-state index in [1.54, 1.807) is 0 Å². The SMILES string of the molecule is O=C(NCCOCCOCCCCCCCl)c1cc(Cl)c(C(=O)O)c(C2=c3cc4c5c(c3Oc3c2cc2c6c3CCCCN6CCC2)CCCC[N+]=5CCC4)c1Cl. The fourth-order valence-electron chi connectivity index (χ4n) is 9.64. The van der Waals surface area contributed by atoms with Gasteiger partial charge in [-0.15, -0.1) is 11.6 Å². The van der Waals surface area contributed by atoms with E-state index in [0.717, 1.165) is 138 Å². The quantitative estimate of drug-likeness (QED) is 0.0729. The number of aryl methyl sites for hydroxylation is 2. The molecule has 5 aliphatic rings. The largest absolute Gasteiger partial charge is 0.478 e. The zero-order chi connectivity index (χ0) is 39.5. The van der Waals surface area contributed by atoms with E-state index in [-0.39, 0.29) is 39.9 Å². The Kier molecular flexibility index (Phi) is 13.0. The predicted octanol–water partition coefficient (Wildman–Crippen LogP) is 7.47. The van der Waals surface area contributed by atoms with E-state index in [1.807, 2.05) is 0 Å². The molecule has 57 heavy (non-hydrogen) atoms. The number of unbranched alkanes of at least 4 members (excludes halogenated alkanes) is 3. The summed E-state index contributed by atoms with van der Waals surface area (Å²) in [4.78, 5) is 29.8. The van der Waals surface area contributed by atoms with Crippen LogP contribution in [0.15, 0.2) is 18.2 Å². The van der Waals surface area contributed by atoms with Gasteiger partial charge < -0.3 is 29.5 Å². The molecule has 0 saturated carbocycles. The van der Waals surface area contributed by atoms with Gasteiger partial charge in [-0.05, 0) is 88.0 Å². The maximum absolute atomic E-state index is 13.9. The molecule has 0 atom stereocenters. The number of nitrogens with zero attached hydrogens (tertiary/aromatic N) is 2. The topological polar surface area (TPSA) is 100 Å². The standard InChI is InChI=1S/C45H52Cl3N3O6/c46-15-5-1-2-8-21-55-23-24-56-22-16-49-44(52)34-27-35(47)37(45(53)54)38(39(34)48)36-32-25-28-11-9-19-50-17-6-3-13-30(40(28)50)42(32)57-43-31-14-4-7-18-51-20-10-12-29(41(31)51)26-33(36)43/h25-27H,1-24H2,(H-,49,52,53,54)/p+1. The number of fused-ring (bicyclic) bond motifs is 4. The van der Waals surface area contributed by atoms with Crippen LogP contribution in [0.25, 0.3) is 5.57 Å². The van der Waals surface area contributed by atoms with Gasteiger partial charge in [0.1, 0.15) is 24.6 Å². The van der Waals surface area contributed by atoms with Gasteiger partial charge in [0.25, 0.3) is 5.91 Å². The minimum Gasteiger partial charge on any atom is -0.478 e. The minimum absolute atomic E-state index is 0.0465. The van der Waals surface area contributed by atoms with E-state index in [2.05, 4.69) is 26.9 Å². The van der Waals surface area contributed by atoms with Gasteiger partial charge in [0.2, 0.25) is 5.36 Å². The summed E-state index contributed by atoms with van der Waals surface area (Å²) in [6.07, 6.45) is 14.1. The van der Waals surface area contributed by atoms with Crippen LogP contribution in [-0.2, 0) is 35.2 Å². The van der Waals surface area contributed by atoms with Crippen LogP contribution in [0.3, 0.4) is 0 Å². The van der Waals surface area contributed by atoms with Gasteiger partial charge in [-0.3, -0.25) is 4.79 Å². The molecule has 0 unspecified atom stereocenters. The molecule has 0 bridgehead atoms. The first-order valence-corrected chi connectivity index (χ1v) is 22.3. The van der Waals surface area contributed by atoms with Crippen LogP contribution < -0.4 is 30.1 Å². The minimum atomic E-state index is -1.21. The highest BCUT2D eigenvalue weighted by Crippen LogP contribution is 2.50. The number of alkyl halides is 1. The number of nitrogens with one attached hydrogen (secondary N) is 1. The van der Waals surface area contributed by atoms with Crippen LogP contribution >= 0.6 is 34.8 Å². The van der Waals surface area contributed by atoms with Crippen LogP contribution in [0.1, 0.15) is 118 Å². The number of anilines is 1. The van der Waals surface area contributed by atoms with Gasteiger partial charge in [-0.25, -0.2) is 9.37 Å². The van der Waals surface area contributed by atoms with Crippen molar-refractivity contribution in [3.05, 3.63) is 83.3 Å². The van der Waals surface area contributed by atoms with Crippen LogP contribution in [0.4, 0.5) is 5.69 Å². The van der Waals surface area contributed by atoms with Crippen molar-refractivity contribution >= 4 is 57.9 Å². The number of ether oxygens (including phenoxy) is 3. The van der Waals surface area contributed by atoms with Gasteiger partial charge in [0.05, 0.1) is 46.6 Å². The van der Waals surface area contributed by atoms with E-state index in [0.29, 0.717) is 31.3 Å². The first kappa shape index (κ1) is 40.4. The number of carbonyl (C=O) groups is 2. The van der Waals surface area contributed by atoms with E-state index in [9.17, 15) is 14.7 Å². The summed E-state index contributed by atoms with van der Waals surface area (Å²) in [6, 6.07) is 5.80. The number of carboxylic acid groups (broad SMARTS) is 1. The van der Waals surface area contributed by atoms with E-state index in [4.69, 9.17) is 49.0 Å². The van der Waals surface area contributed by atoms with Crippen LogP contribution in [0, 0.1) is 0 Å². The smallest absolute Gasteiger partial charge is 0.337 e. The number of carbonyl (C=O) groups excluding carboxylic acids is 1. The Morgan fingerprint density at radius 2 is 1.56 bits per heavy atom. The highest BCUT2D eigenvalue weighted by atomic mass is 35.5. The Hall–Kier alpha value is -3.34. The van der Waals surface area contributed by atoms with Gasteiger partial charge in [0.15, 0.2) is 0 Å². The zero-order valence-corrected chi connectivity index (χ0v) is 35.0. The number of hydrogen-bond donors (Lipinski definition) is 2. The number of amides is 1. The normalized spacial score (nSPS) is 16.8. The Morgan fingerprint density at radius 3 is 2.40 bits per heavy atom. The van der Waals surface area contributed by atoms with Crippen molar-refractivity contribution < 1.29 is 28.9 Å². The fourth-order valence-corrected chi connectivity index (χ4v) is 10.4. The predicted molar refractivity (Wildman–Crippen MR) is 226 cm³/mol. The zero-order valence-electron chi connectivity index (χ0n) is 32.7. The molecule has 1 amide bonds. The highest BCUT2D eigenvalue weighted by Gasteiger charge is 2.37. The van der Waals surface area contributed by atoms with Crippen molar-refractivity contribution in [1.29, 1.82) is 0 Å². The summed E-state index contributed by atoms with van der Waals surface area (Å²) >= 11 is 20.1. The lowest BCUT2D eigenvalue weighted by Crippen LogP contribution is -2.41. The molecule has 0 aliphatic carbocycles. The first-order valence-electron chi connectivity index (χ1n) is 21.1. The maximum atomic E-state index is 13.9. The molecule has 0 aromatic heterocycles. The van der Waals surface area contributed by atoms with Gasteiger partial charge >= 0.3 is 5.97 Å². The highest BCUT2D eigenvalue weighted by molar-refractivity contribution is 6.40. The average molecular weight is 838 g/mol. The first-order chi connectivity index (χ1) is 27.9. The number of aromatic carboxylic acids is 1. The van der Waals surface area contributed by atoms with Crippen LogP contribution in [0.5, 0.6) is 11.5 Å². The summed E-state index contributed by atoms with van der Waals surface area (Å²) in [6.45, 7) is 6.12. The summed E-state index contributed by atoms with van der Waals surface area (Å²) in [7, 11) is 0. The molecule has 9 nitrogen and oxygen atoms in total. The second kappa shape index (κ2) is 18.3. The lowest BCUT2D eigenvalue weighted by molar-refractivity contribution is 0.0468. The molecule has 0 spiro atoms. The Labute approximate surface area is 349 Å². The lowest BCUT2D eigenvalue weighted by Gasteiger charge is -2.35. The monoisotopic (exact) mass is 836 g/mol. The summed E-state index contributed by atoms with van der Waals surface area (Å²) in [5.41, 5.74) is 7.85.